The third-order valence-electron chi connectivity index (χ3n) is 4.18. The highest BCUT2D eigenvalue weighted by Gasteiger charge is 2.30. The van der Waals surface area contributed by atoms with Gasteiger partial charge in [0, 0.05) is 16.8 Å². The highest BCUT2D eigenvalue weighted by atomic mass is 19.4. The first-order valence-corrected chi connectivity index (χ1v) is 8.41. The SMILES string of the molecule is O=C(NO)c1ccc(-c2cccc(NC(=O)c3ccc(C(F)(F)F)cc3)c2)cc1. The number of hydroxylamine groups is 1. The molecule has 0 radical (unpaired) electrons. The van der Waals surface area contributed by atoms with Gasteiger partial charge in [-0.25, -0.2) is 5.48 Å². The molecule has 0 saturated carbocycles. The Kier molecular flexibility index (Phi) is 5.65. The molecule has 0 saturated heterocycles. The first-order valence-electron chi connectivity index (χ1n) is 8.41. The van der Waals surface area contributed by atoms with Crippen LogP contribution in [0.4, 0.5) is 18.9 Å². The zero-order chi connectivity index (χ0) is 21.0. The molecule has 0 aromatic heterocycles. The molecule has 0 fully saturated rings. The van der Waals surface area contributed by atoms with E-state index in [-0.39, 0.29) is 11.1 Å². The Morgan fingerprint density at radius 3 is 1.93 bits per heavy atom. The van der Waals surface area contributed by atoms with E-state index in [9.17, 15) is 22.8 Å². The summed E-state index contributed by atoms with van der Waals surface area (Å²) in [6.45, 7) is 0. The van der Waals surface area contributed by atoms with Gasteiger partial charge in [-0.15, -0.1) is 0 Å². The number of hydrogen-bond acceptors (Lipinski definition) is 3. The molecule has 2 amide bonds. The molecule has 5 nitrogen and oxygen atoms in total. The van der Waals surface area contributed by atoms with Gasteiger partial charge in [-0.05, 0) is 59.7 Å². The standard InChI is InChI=1S/C21H15F3N2O3/c22-21(23,24)17-10-8-14(9-11-17)19(27)25-18-3-1-2-16(12-18)13-4-6-15(7-5-13)20(28)26-29/h1-12,29H,(H,25,27)(H,26,28). The molecule has 0 heterocycles. The molecule has 29 heavy (non-hydrogen) atoms. The van der Waals surface area contributed by atoms with E-state index >= 15 is 0 Å². The predicted molar refractivity (Wildman–Crippen MR) is 101 cm³/mol. The molecule has 3 aromatic rings. The van der Waals surface area contributed by atoms with E-state index in [0.29, 0.717) is 5.69 Å². The van der Waals surface area contributed by atoms with Gasteiger partial charge in [-0.1, -0.05) is 24.3 Å². The fraction of sp³-hybridized carbons (Fsp3) is 0.0476. The number of hydrogen-bond donors (Lipinski definition) is 3. The Bertz CT molecular complexity index is 1030. The molecule has 0 bridgehead atoms. The molecule has 0 unspecified atom stereocenters. The lowest BCUT2D eigenvalue weighted by molar-refractivity contribution is -0.137. The van der Waals surface area contributed by atoms with Gasteiger partial charge in [-0.3, -0.25) is 14.8 Å². The minimum Gasteiger partial charge on any atom is -0.322 e. The van der Waals surface area contributed by atoms with Crippen LogP contribution in [0.25, 0.3) is 11.1 Å². The van der Waals surface area contributed by atoms with Crippen molar-refractivity contribution >= 4 is 17.5 Å². The number of anilines is 1. The fourth-order valence-corrected chi connectivity index (χ4v) is 2.67. The van der Waals surface area contributed by atoms with E-state index in [0.717, 1.165) is 35.4 Å². The van der Waals surface area contributed by atoms with Crippen molar-refractivity contribution < 1.29 is 28.0 Å². The summed E-state index contributed by atoms with van der Waals surface area (Å²) in [5, 5.41) is 11.3. The minimum atomic E-state index is -4.46. The number of carbonyl (C=O) groups excluding carboxylic acids is 2. The molecule has 3 rings (SSSR count). The van der Waals surface area contributed by atoms with Gasteiger partial charge < -0.3 is 5.32 Å². The molecule has 3 N–H and O–H groups in total. The van der Waals surface area contributed by atoms with Crippen LogP contribution in [-0.4, -0.2) is 17.0 Å². The molecule has 148 valence electrons. The van der Waals surface area contributed by atoms with Crippen molar-refractivity contribution in [1.29, 1.82) is 0 Å². The summed E-state index contributed by atoms with van der Waals surface area (Å²) >= 11 is 0. The smallest absolute Gasteiger partial charge is 0.322 e. The summed E-state index contributed by atoms with van der Waals surface area (Å²) in [6, 6.07) is 17.2. The summed E-state index contributed by atoms with van der Waals surface area (Å²) in [5.41, 5.74) is 3.09. The van der Waals surface area contributed by atoms with E-state index in [4.69, 9.17) is 5.21 Å². The average molecular weight is 400 g/mol. The molecule has 0 aliphatic rings. The summed E-state index contributed by atoms with van der Waals surface area (Å²) in [4.78, 5) is 23.7. The number of halogens is 3. The van der Waals surface area contributed by atoms with E-state index in [1.807, 2.05) is 0 Å². The van der Waals surface area contributed by atoms with Crippen LogP contribution in [0.5, 0.6) is 0 Å². The van der Waals surface area contributed by atoms with Crippen molar-refractivity contribution in [2.75, 3.05) is 5.32 Å². The van der Waals surface area contributed by atoms with Crippen molar-refractivity contribution in [1.82, 2.24) is 5.48 Å². The van der Waals surface area contributed by atoms with Crippen LogP contribution in [0, 0.1) is 0 Å². The highest BCUT2D eigenvalue weighted by Crippen LogP contribution is 2.29. The van der Waals surface area contributed by atoms with Crippen LogP contribution in [0.1, 0.15) is 26.3 Å². The summed E-state index contributed by atoms with van der Waals surface area (Å²) in [7, 11) is 0. The van der Waals surface area contributed by atoms with E-state index in [2.05, 4.69) is 5.32 Å². The molecule has 3 aromatic carbocycles. The lowest BCUT2D eigenvalue weighted by Crippen LogP contribution is -2.18. The Morgan fingerprint density at radius 1 is 0.759 bits per heavy atom. The van der Waals surface area contributed by atoms with Gasteiger partial charge in [0.1, 0.15) is 0 Å². The van der Waals surface area contributed by atoms with E-state index < -0.39 is 23.6 Å². The van der Waals surface area contributed by atoms with Crippen LogP contribution in [0.15, 0.2) is 72.8 Å². The highest BCUT2D eigenvalue weighted by molar-refractivity contribution is 6.04. The molecular formula is C21H15F3N2O3. The van der Waals surface area contributed by atoms with Crippen LogP contribution in [0.2, 0.25) is 0 Å². The van der Waals surface area contributed by atoms with Crippen molar-refractivity contribution in [3.05, 3.63) is 89.5 Å². The number of benzene rings is 3. The van der Waals surface area contributed by atoms with Crippen LogP contribution < -0.4 is 10.8 Å². The van der Waals surface area contributed by atoms with Crippen LogP contribution in [-0.2, 0) is 6.18 Å². The second kappa shape index (κ2) is 8.15. The maximum absolute atomic E-state index is 12.6. The van der Waals surface area contributed by atoms with E-state index in [1.165, 1.54) is 12.1 Å². The zero-order valence-corrected chi connectivity index (χ0v) is 14.8. The van der Waals surface area contributed by atoms with Crippen molar-refractivity contribution in [2.24, 2.45) is 0 Å². The largest absolute Gasteiger partial charge is 0.416 e. The van der Waals surface area contributed by atoms with Gasteiger partial charge in [0.15, 0.2) is 0 Å². The van der Waals surface area contributed by atoms with Gasteiger partial charge in [0.2, 0.25) is 0 Å². The first-order chi connectivity index (χ1) is 13.8. The molecule has 0 atom stereocenters. The van der Waals surface area contributed by atoms with Crippen molar-refractivity contribution in [3.8, 4) is 11.1 Å². The third-order valence-corrected chi connectivity index (χ3v) is 4.18. The first kappa shape index (κ1) is 20.1. The Balaban J connectivity index is 1.76. The Hall–Kier alpha value is -3.65. The maximum atomic E-state index is 12.6. The van der Waals surface area contributed by atoms with E-state index in [1.54, 1.807) is 41.9 Å². The van der Waals surface area contributed by atoms with Gasteiger partial charge in [-0.2, -0.15) is 13.2 Å². The Morgan fingerprint density at radius 2 is 1.34 bits per heavy atom. The second-order valence-electron chi connectivity index (χ2n) is 6.13. The summed E-state index contributed by atoms with van der Waals surface area (Å²) in [5.74, 6) is -1.17. The molecule has 0 spiro atoms. The van der Waals surface area contributed by atoms with Gasteiger partial charge in [0.05, 0.1) is 5.56 Å². The predicted octanol–water partition coefficient (Wildman–Crippen LogP) is 4.74. The average Bonchev–Trinajstić information content (AvgIpc) is 2.73. The number of nitrogens with one attached hydrogen (secondary N) is 2. The molecule has 0 aliphatic carbocycles. The number of rotatable bonds is 4. The Labute approximate surface area is 163 Å². The molecular weight excluding hydrogens is 385 g/mol. The van der Waals surface area contributed by atoms with Gasteiger partial charge in [0.25, 0.3) is 11.8 Å². The second-order valence-corrected chi connectivity index (χ2v) is 6.13. The molecule has 0 aliphatic heterocycles. The zero-order valence-electron chi connectivity index (χ0n) is 14.8. The monoisotopic (exact) mass is 400 g/mol. The third kappa shape index (κ3) is 4.80. The number of amides is 2. The molecule has 8 heteroatoms. The van der Waals surface area contributed by atoms with Crippen LogP contribution in [0.3, 0.4) is 0 Å². The maximum Gasteiger partial charge on any atom is 0.416 e. The normalized spacial score (nSPS) is 11.0. The summed E-state index contributed by atoms with van der Waals surface area (Å²) < 4.78 is 37.9. The summed E-state index contributed by atoms with van der Waals surface area (Å²) in [6.07, 6.45) is -4.46. The number of carbonyl (C=O) groups is 2. The van der Waals surface area contributed by atoms with Crippen LogP contribution >= 0.6 is 0 Å². The topological polar surface area (TPSA) is 78.4 Å². The van der Waals surface area contributed by atoms with Gasteiger partial charge >= 0.3 is 6.18 Å². The fourth-order valence-electron chi connectivity index (χ4n) is 2.67. The van der Waals surface area contributed by atoms with Crippen molar-refractivity contribution in [3.63, 3.8) is 0 Å². The quantitative estimate of drug-likeness (QED) is 0.437. The number of alkyl halides is 3. The minimum absolute atomic E-state index is 0.0998. The lowest BCUT2D eigenvalue weighted by atomic mass is 10.0. The van der Waals surface area contributed by atoms with Crippen molar-refractivity contribution in [2.45, 2.75) is 6.18 Å². The lowest BCUT2D eigenvalue weighted by Gasteiger charge is -2.10.